The summed E-state index contributed by atoms with van der Waals surface area (Å²) < 4.78 is 6.27. The summed E-state index contributed by atoms with van der Waals surface area (Å²) in [7, 11) is 0. The van der Waals surface area contributed by atoms with E-state index < -0.39 is 0 Å². The summed E-state index contributed by atoms with van der Waals surface area (Å²) in [6.07, 6.45) is 0. The van der Waals surface area contributed by atoms with Crippen molar-refractivity contribution < 1.29 is 4.42 Å². The molecule has 0 unspecified atom stereocenters. The van der Waals surface area contributed by atoms with Crippen LogP contribution < -0.4 is 0 Å². The third kappa shape index (κ3) is 3.44. The molecule has 0 aliphatic rings. The molecule has 0 fully saturated rings. The molecule has 0 radical (unpaired) electrons. The van der Waals surface area contributed by atoms with Crippen molar-refractivity contribution in [2.75, 3.05) is 0 Å². The molecule has 0 spiro atoms. The van der Waals surface area contributed by atoms with E-state index in [1.165, 1.54) is 81.5 Å². The van der Waals surface area contributed by atoms with Crippen molar-refractivity contribution in [3.05, 3.63) is 158 Å². The largest absolute Gasteiger partial charge is 0.456 e. The van der Waals surface area contributed by atoms with Gasteiger partial charge in [0.25, 0.3) is 0 Å². The molecule has 0 atom stereocenters. The van der Waals surface area contributed by atoms with Crippen molar-refractivity contribution >= 4 is 75.8 Å². The molecular weight excluding hydrogens is 544 g/mol. The van der Waals surface area contributed by atoms with Gasteiger partial charge >= 0.3 is 0 Å². The van der Waals surface area contributed by atoms with Crippen LogP contribution in [0.1, 0.15) is 0 Å². The van der Waals surface area contributed by atoms with Crippen LogP contribution >= 0.6 is 0 Å². The molecule has 1 heterocycles. The summed E-state index contributed by atoms with van der Waals surface area (Å²) in [6, 6.07) is 57.4. The molecule has 10 aromatic rings. The molecule has 9 aromatic carbocycles. The lowest BCUT2D eigenvalue weighted by atomic mass is 9.83. The minimum atomic E-state index is 0.925. The summed E-state index contributed by atoms with van der Waals surface area (Å²) in [5, 5.41) is 14.9. The molecule has 1 heteroatoms. The van der Waals surface area contributed by atoms with Gasteiger partial charge in [0, 0.05) is 10.8 Å². The minimum Gasteiger partial charge on any atom is -0.456 e. The Hall–Kier alpha value is -5.92. The molecule has 1 aromatic heterocycles. The summed E-state index contributed by atoms with van der Waals surface area (Å²) in [6.45, 7) is 0. The van der Waals surface area contributed by atoms with Crippen LogP contribution in [0.4, 0.5) is 0 Å². The van der Waals surface area contributed by atoms with E-state index in [2.05, 4.69) is 152 Å². The standard InChI is InChI=1S/C44H26O/c1-2-12-28-27(11-1)23-24-30-29(28)18-9-19-32(30)42-35-13-3-5-15-37(35)43(38-16-6-4-14-36(38)42)33-20-10-21-34-31(33)25-26-41-44(34)39-17-7-8-22-40(39)45-41/h1-26H. The maximum Gasteiger partial charge on any atom is 0.136 e. The number of fused-ring (bicyclic) bond motifs is 10. The van der Waals surface area contributed by atoms with E-state index in [0.717, 1.165) is 16.6 Å². The Labute approximate surface area is 259 Å². The second-order valence-electron chi connectivity index (χ2n) is 12.0. The highest BCUT2D eigenvalue weighted by molar-refractivity contribution is 6.28. The van der Waals surface area contributed by atoms with Crippen molar-refractivity contribution in [3.63, 3.8) is 0 Å². The summed E-state index contributed by atoms with van der Waals surface area (Å²) in [5.41, 5.74) is 6.91. The van der Waals surface area contributed by atoms with Gasteiger partial charge in [0.2, 0.25) is 0 Å². The van der Waals surface area contributed by atoms with Crippen LogP contribution in [-0.2, 0) is 0 Å². The molecular formula is C44H26O. The number of benzene rings is 9. The first kappa shape index (κ1) is 24.5. The van der Waals surface area contributed by atoms with Gasteiger partial charge in [-0.15, -0.1) is 0 Å². The monoisotopic (exact) mass is 570 g/mol. The van der Waals surface area contributed by atoms with E-state index in [0.29, 0.717) is 0 Å². The van der Waals surface area contributed by atoms with Crippen LogP contribution in [0.25, 0.3) is 98.1 Å². The molecule has 0 aliphatic heterocycles. The normalized spacial score (nSPS) is 12.0. The van der Waals surface area contributed by atoms with Crippen LogP contribution in [0, 0.1) is 0 Å². The molecule has 0 saturated carbocycles. The summed E-state index contributed by atoms with van der Waals surface area (Å²) in [4.78, 5) is 0. The first-order chi connectivity index (χ1) is 22.3. The molecule has 45 heavy (non-hydrogen) atoms. The Balaban J connectivity index is 1.35. The molecule has 0 N–H and O–H groups in total. The Kier molecular flexibility index (Phi) is 5.06. The van der Waals surface area contributed by atoms with Gasteiger partial charge < -0.3 is 4.42 Å². The predicted molar refractivity (Wildman–Crippen MR) is 192 cm³/mol. The lowest BCUT2D eigenvalue weighted by Crippen LogP contribution is -1.92. The zero-order valence-electron chi connectivity index (χ0n) is 24.4. The molecule has 0 aliphatic carbocycles. The minimum absolute atomic E-state index is 0.925. The topological polar surface area (TPSA) is 13.1 Å². The van der Waals surface area contributed by atoms with Gasteiger partial charge in [-0.3, -0.25) is 0 Å². The molecule has 0 bridgehead atoms. The summed E-state index contributed by atoms with van der Waals surface area (Å²) in [5.74, 6) is 0. The van der Waals surface area contributed by atoms with Gasteiger partial charge in [-0.25, -0.2) is 0 Å². The number of rotatable bonds is 2. The maximum absolute atomic E-state index is 6.27. The average molecular weight is 571 g/mol. The van der Waals surface area contributed by atoms with Crippen molar-refractivity contribution in [2.45, 2.75) is 0 Å². The molecule has 10 rings (SSSR count). The predicted octanol–water partition coefficient (Wildman–Crippen LogP) is 12.7. The highest BCUT2D eigenvalue weighted by Crippen LogP contribution is 2.48. The van der Waals surface area contributed by atoms with E-state index in [1.807, 2.05) is 6.07 Å². The number of furan rings is 1. The van der Waals surface area contributed by atoms with E-state index in [9.17, 15) is 0 Å². The van der Waals surface area contributed by atoms with Gasteiger partial charge in [-0.2, -0.15) is 0 Å². The van der Waals surface area contributed by atoms with Gasteiger partial charge in [0.05, 0.1) is 0 Å². The first-order valence-electron chi connectivity index (χ1n) is 15.5. The van der Waals surface area contributed by atoms with Crippen molar-refractivity contribution in [3.8, 4) is 22.3 Å². The second kappa shape index (κ2) is 9.29. The SMILES string of the molecule is c1ccc2c(c1)ccc1c(-c3c4ccccc4c(-c4cccc5c4ccc4oc6ccccc6c45)c4ccccc34)cccc12. The quantitative estimate of drug-likeness (QED) is 0.149. The van der Waals surface area contributed by atoms with Crippen molar-refractivity contribution in [2.24, 2.45) is 0 Å². The van der Waals surface area contributed by atoms with E-state index >= 15 is 0 Å². The highest BCUT2D eigenvalue weighted by atomic mass is 16.3. The van der Waals surface area contributed by atoms with Crippen LogP contribution in [0.15, 0.2) is 162 Å². The van der Waals surface area contributed by atoms with Gasteiger partial charge in [-0.05, 0) is 88.2 Å². The van der Waals surface area contributed by atoms with Gasteiger partial charge in [0.15, 0.2) is 0 Å². The van der Waals surface area contributed by atoms with E-state index in [1.54, 1.807) is 0 Å². The number of hydrogen-bond acceptors (Lipinski definition) is 1. The van der Waals surface area contributed by atoms with Gasteiger partial charge in [0.1, 0.15) is 11.2 Å². The van der Waals surface area contributed by atoms with Crippen LogP contribution in [0.2, 0.25) is 0 Å². The molecule has 1 nitrogen and oxygen atoms in total. The van der Waals surface area contributed by atoms with Crippen LogP contribution in [0.5, 0.6) is 0 Å². The third-order valence-corrected chi connectivity index (χ3v) is 9.66. The molecule has 208 valence electrons. The Bertz CT molecular complexity index is 2760. The Morgan fingerprint density at radius 1 is 0.267 bits per heavy atom. The Morgan fingerprint density at radius 2 is 0.756 bits per heavy atom. The first-order valence-corrected chi connectivity index (χ1v) is 15.5. The summed E-state index contributed by atoms with van der Waals surface area (Å²) >= 11 is 0. The fourth-order valence-corrected chi connectivity index (χ4v) is 7.77. The van der Waals surface area contributed by atoms with Crippen LogP contribution in [0.3, 0.4) is 0 Å². The lowest BCUT2D eigenvalue weighted by Gasteiger charge is -2.20. The zero-order chi connectivity index (χ0) is 29.5. The second-order valence-corrected chi connectivity index (χ2v) is 12.0. The number of para-hydroxylation sites is 1. The molecule has 0 saturated heterocycles. The van der Waals surface area contributed by atoms with Crippen molar-refractivity contribution in [1.29, 1.82) is 0 Å². The fraction of sp³-hybridized carbons (Fsp3) is 0. The maximum atomic E-state index is 6.27. The smallest absolute Gasteiger partial charge is 0.136 e. The number of hydrogen-bond donors (Lipinski definition) is 0. The molecule has 0 amide bonds. The van der Waals surface area contributed by atoms with Gasteiger partial charge in [-0.1, -0.05) is 146 Å². The third-order valence-electron chi connectivity index (χ3n) is 9.66. The zero-order valence-corrected chi connectivity index (χ0v) is 24.4. The van der Waals surface area contributed by atoms with E-state index in [4.69, 9.17) is 4.42 Å². The van der Waals surface area contributed by atoms with E-state index in [-0.39, 0.29) is 0 Å². The van der Waals surface area contributed by atoms with Crippen LogP contribution in [-0.4, -0.2) is 0 Å². The Morgan fingerprint density at radius 3 is 1.42 bits per heavy atom. The average Bonchev–Trinajstić information content (AvgIpc) is 3.49. The highest BCUT2D eigenvalue weighted by Gasteiger charge is 2.20. The van der Waals surface area contributed by atoms with Crippen molar-refractivity contribution in [1.82, 2.24) is 0 Å². The lowest BCUT2D eigenvalue weighted by molar-refractivity contribution is 0.669. The fourth-order valence-electron chi connectivity index (χ4n) is 7.77.